The van der Waals surface area contributed by atoms with Crippen LogP contribution in [0.1, 0.15) is 31.8 Å². The maximum absolute atomic E-state index is 13.0. The Morgan fingerprint density at radius 2 is 1.10 bits per heavy atom. The van der Waals surface area contributed by atoms with Crippen LogP contribution in [0.2, 0.25) is 0 Å². The molecule has 196 valence electrons. The minimum absolute atomic E-state index is 0. The van der Waals surface area contributed by atoms with Gasteiger partial charge in [-0.1, -0.05) is 36.4 Å². The lowest BCUT2D eigenvalue weighted by Crippen LogP contribution is -2.20. The van der Waals surface area contributed by atoms with Crippen LogP contribution in [-0.2, 0) is 0 Å². The first-order valence-electron chi connectivity index (χ1n) is 12.6. The van der Waals surface area contributed by atoms with E-state index in [1.165, 1.54) is 0 Å². The second-order valence-corrected chi connectivity index (χ2v) is 9.16. The number of carbonyl (C=O) groups excluding carboxylic acids is 2. The quantitative estimate of drug-likeness (QED) is 0.290. The Hall–Kier alpha value is -4.69. The standard InChI is InChI=1S/C30H26N6O2.ClH/c37-29(35-25-5-1-3-20(17-25)27-31-11-12-32-27)22-9-7-19-8-10-23(16-24(19)15-22)30(38)36-26-6-2-4-21(18-26)28-33-13-14-34-28;/h1-10,15-18H,11-14H2,(H,31,32)(H,33,34)(H,35,37)(H,36,38);1H. The van der Waals surface area contributed by atoms with Crippen molar-refractivity contribution in [3.63, 3.8) is 0 Å². The zero-order valence-electron chi connectivity index (χ0n) is 21.0. The summed E-state index contributed by atoms with van der Waals surface area (Å²) in [6, 6.07) is 26.2. The predicted molar refractivity (Wildman–Crippen MR) is 159 cm³/mol. The molecular weight excluding hydrogens is 512 g/mol. The molecule has 0 bridgehead atoms. The van der Waals surface area contributed by atoms with Crippen molar-refractivity contribution >= 4 is 58.0 Å². The number of amidine groups is 2. The average molecular weight is 539 g/mol. The highest BCUT2D eigenvalue weighted by Gasteiger charge is 2.13. The van der Waals surface area contributed by atoms with Crippen molar-refractivity contribution in [1.82, 2.24) is 10.6 Å². The summed E-state index contributed by atoms with van der Waals surface area (Å²) in [5, 5.41) is 14.2. The van der Waals surface area contributed by atoms with Crippen molar-refractivity contribution in [3.05, 3.63) is 107 Å². The van der Waals surface area contributed by atoms with Gasteiger partial charge >= 0.3 is 0 Å². The third kappa shape index (κ3) is 5.76. The van der Waals surface area contributed by atoms with Crippen molar-refractivity contribution in [1.29, 1.82) is 0 Å². The van der Waals surface area contributed by atoms with E-state index in [1.807, 2.05) is 60.7 Å². The number of hydrogen-bond donors (Lipinski definition) is 4. The largest absolute Gasteiger partial charge is 0.368 e. The molecule has 0 atom stereocenters. The molecule has 6 rings (SSSR count). The molecule has 4 aromatic carbocycles. The number of halogens is 1. The van der Waals surface area contributed by atoms with E-state index in [2.05, 4.69) is 31.3 Å². The number of nitrogens with zero attached hydrogens (tertiary/aromatic N) is 2. The Labute approximate surface area is 232 Å². The fourth-order valence-electron chi connectivity index (χ4n) is 4.61. The summed E-state index contributed by atoms with van der Waals surface area (Å²) in [5.41, 5.74) is 4.28. The van der Waals surface area contributed by atoms with Crippen LogP contribution in [0, 0.1) is 0 Å². The topological polar surface area (TPSA) is 107 Å². The summed E-state index contributed by atoms with van der Waals surface area (Å²) in [6.45, 7) is 3.15. The molecule has 2 aliphatic rings. The minimum atomic E-state index is -0.222. The molecule has 8 nitrogen and oxygen atoms in total. The number of rotatable bonds is 6. The normalized spacial score (nSPS) is 13.9. The number of hydrogen-bond acceptors (Lipinski definition) is 6. The monoisotopic (exact) mass is 538 g/mol. The second kappa shape index (κ2) is 11.4. The van der Waals surface area contributed by atoms with Crippen molar-refractivity contribution < 1.29 is 9.59 Å². The molecule has 0 aliphatic carbocycles. The number of aliphatic imine (C=N–C) groups is 2. The molecule has 0 spiro atoms. The van der Waals surface area contributed by atoms with Crippen molar-refractivity contribution in [2.75, 3.05) is 36.8 Å². The lowest BCUT2D eigenvalue weighted by molar-refractivity contribution is 0.101. The maximum Gasteiger partial charge on any atom is 0.255 e. The van der Waals surface area contributed by atoms with Crippen molar-refractivity contribution in [3.8, 4) is 0 Å². The van der Waals surface area contributed by atoms with Crippen LogP contribution in [0.25, 0.3) is 10.8 Å². The van der Waals surface area contributed by atoms with Crippen LogP contribution in [0.3, 0.4) is 0 Å². The molecule has 0 fully saturated rings. The summed E-state index contributed by atoms with van der Waals surface area (Å²) in [7, 11) is 0. The Kier molecular flexibility index (Phi) is 7.56. The first kappa shape index (κ1) is 25.9. The van der Waals surface area contributed by atoms with E-state index in [4.69, 9.17) is 0 Å². The summed E-state index contributed by atoms with van der Waals surface area (Å²) < 4.78 is 0. The number of carbonyl (C=O) groups is 2. The van der Waals surface area contributed by atoms with E-state index in [9.17, 15) is 9.59 Å². The van der Waals surface area contributed by atoms with Gasteiger partial charge in [-0.3, -0.25) is 19.6 Å². The third-order valence-corrected chi connectivity index (χ3v) is 6.50. The van der Waals surface area contributed by atoms with Gasteiger partial charge in [-0.25, -0.2) is 0 Å². The SMILES string of the molecule is Cl.O=C(Nc1cccc(C2=NCCN2)c1)c1ccc2ccc(C(=O)Nc3cccc(C4=NCCN4)c3)cc2c1. The molecule has 4 aromatic rings. The van der Waals surface area contributed by atoms with Gasteiger partial charge in [0.15, 0.2) is 0 Å². The fourth-order valence-corrected chi connectivity index (χ4v) is 4.61. The fraction of sp³-hybridized carbons (Fsp3) is 0.133. The van der Waals surface area contributed by atoms with Gasteiger partial charge in [0, 0.05) is 46.7 Å². The van der Waals surface area contributed by atoms with Crippen molar-refractivity contribution in [2.45, 2.75) is 0 Å². The van der Waals surface area contributed by atoms with Gasteiger partial charge < -0.3 is 21.3 Å². The van der Waals surface area contributed by atoms with Crippen LogP contribution < -0.4 is 21.3 Å². The highest BCUT2D eigenvalue weighted by atomic mass is 35.5. The Morgan fingerprint density at radius 1 is 0.615 bits per heavy atom. The van der Waals surface area contributed by atoms with Crippen LogP contribution in [0.5, 0.6) is 0 Å². The van der Waals surface area contributed by atoms with Crippen LogP contribution in [0.15, 0.2) is 94.9 Å². The van der Waals surface area contributed by atoms with Crippen LogP contribution in [0.4, 0.5) is 11.4 Å². The highest BCUT2D eigenvalue weighted by Crippen LogP contribution is 2.21. The predicted octanol–water partition coefficient (Wildman–Crippen LogP) is 4.47. The van der Waals surface area contributed by atoms with Gasteiger partial charge in [0.1, 0.15) is 11.7 Å². The number of benzene rings is 4. The lowest BCUT2D eigenvalue weighted by Gasteiger charge is -2.10. The van der Waals surface area contributed by atoms with Crippen LogP contribution in [-0.4, -0.2) is 49.7 Å². The number of amides is 2. The summed E-state index contributed by atoms with van der Waals surface area (Å²) in [6.07, 6.45) is 0. The summed E-state index contributed by atoms with van der Waals surface area (Å²) in [4.78, 5) is 35.0. The molecule has 9 heteroatoms. The van der Waals surface area contributed by atoms with E-state index in [0.29, 0.717) is 22.5 Å². The van der Waals surface area contributed by atoms with Gasteiger partial charge in [0.05, 0.1) is 13.1 Å². The Balaban J connectivity index is 0.00000308. The smallest absolute Gasteiger partial charge is 0.255 e. The molecule has 39 heavy (non-hydrogen) atoms. The van der Waals surface area contributed by atoms with E-state index in [-0.39, 0.29) is 24.2 Å². The molecule has 4 N–H and O–H groups in total. The average Bonchev–Trinajstić information content (AvgIpc) is 3.68. The number of anilines is 2. The van der Waals surface area contributed by atoms with E-state index in [1.54, 1.807) is 24.3 Å². The van der Waals surface area contributed by atoms with Gasteiger partial charge in [-0.2, -0.15) is 0 Å². The third-order valence-electron chi connectivity index (χ3n) is 6.50. The van der Waals surface area contributed by atoms with E-state index in [0.717, 1.165) is 59.7 Å². The number of fused-ring (bicyclic) bond motifs is 1. The van der Waals surface area contributed by atoms with Gasteiger partial charge in [0.2, 0.25) is 0 Å². The molecule has 0 unspecified atom stereocenters. The Bertz CT molecular complexity index is 1510. The summed E-state index contributed by atoms with van der Waals surface area (Å²) >= 11 is 0. The van der Waals surface area contributed by atoms with Crippen molar-refractivity contribution in [2.24, 2.45) is 9.98 Å². The molecule has 0 saturated heterocycles. The minimum Gasteiger partial charge on any atom is -0.368 e. The van der Waals surface area contributed by atoms with Crippen LogP contribution >= 0.6 is 12.4 Å². The molecule has 0 aromatic heterocycles. The van der Waals surface area contributed by atoms with Gasteiger partial charge in [0.25, 0.3) is 11.8 Å². The first-order valence-corrected chi connectivity index (χ1v) is 12.6. The first-order chi connectivity index (χ1) is 18.6. The molecular formula is C30H27ClN6O2. The van der Waals surface area contributed by atoms with Gasteiger partial charge in [-0.15, -0.1) is 12.4 Å². The zero-order valence-corrected chi connectivity index (χ0v) is 21.8. The van der Waals surface area contributed by atoms with Gasteiger partial charge in [-0.05, 0) is 59.3 Å². The van der Waals surface area contributed by atoms with E-state index >= 15 is 0 Å². The Morgan fingerprint density at radius 3 is 1.54 bits per heavy atom. The lowest BCUT2D eigenvalue weighted by atomic mass is 10.0. The molecule has 0 radical (unpaired) electrons. The second-order valence-electron chi connectivity index (χ2n) is 9.16. The molecule has 0 saturated carbocycles. The highest BCUT2D eigenvalue weighted by molar-refractivity contribution is 6.10. The number of nitrogens with one attached hydrogen (secondary N) is 4. The molecule has 2 aliphatic heterocycles. The maximum atomic E-state index is 13.0. The summed E-state index contributed by atoms with van der Waals surface area (Å²) in [5.74, 6) is 1.24. The zero-order chi connectivity index (χ0) is 25.9. The molecule has 2 heterocycles. The molecule has 2 amide bonds. The van der Waals surface area contributed by atoms with E-state index < -0.39 is 0 Å².